The molecule has 0 spiro atoms. The van der Waals surface area contributed by atoms with E-state index in [1.165, 1.54) is 6.08 Å². The van der Waals surface area contributed by atoms with Crippen LogP contribution in [0.1, 0.15) is 6.92 Å². The smallest absolute Gasteiger partial charge is 0.156 e. The average molecular weight is 471 g/mol. The normalized spacial score (nSPS) is 11.6. The van der Waals surface area contributed by atoms with Gasteiger partial charge in [-0.2, -0.15) is 0 Å². The molecule has 0 saturated heterocycles. The fourth-order valence-electron chi connectivity index (χ4n) is 2.00. The molecule has 0 amide bonds. The van der Waals surface area contributed by atoms with Gasteiger partial charge in [-0.1, -0.05) is 64.9 Å². The Kier molecular flexibility index (Phi) is 9.20. The maximum absolute atomic E-state index is 6.25. The molecule has 1 atom stereocenters. The second-order valence-electron chi connectivity index (χ2n) is 5.70. The maximum atomic E-state index is 6.25. The van der Waals surface area contributed by atoms with E-state index in [9.17, 15) is 0 Å². The zero-order valence-corrected chi connectivity index (χ0v) is 18.1. The summed E-state index contributed by atoms with van der Waals surface area (Å²) in [7, 11) is 0. The van der Waals surface area contributed by atoms with Crippen LogP contribution >= 0.6 is 58.0 Å². The molecule has 1 unspecified atom stereocenters. The number of ether oxygens (including phenoxy) is 3. The standard InChI is InChI=1S/C19H17Cl5O3/c1-12(10-26-14-4-2-13(20)3-5-14)11-27-19-16(21)8-15(9-17(19)22)25-7-6-18(23)24/h2-6,8-9,12H,7,10-11H2,1H3. The maximum Gasteiger partial charge on any atom is 0.156 e. The molecule has 146 valence electrons. The van der Waals surface area contributed by atoms with Gasteiger partial charge in [-0.05, 0) is 30.3 Å². The third kappa shape index (κ3) is 7.89. The highest BCUT2D eigenvalue weighted by Gasteiger charge is 2.13. The van der Waals surface area contributed by atoms with E-state index >= 15 is 0 Å². The van der Waals surface area contributed by atoms with Gasteiger partial charge >= 0.3 is 0 Å². The second kappa shape index (κ2) is 11.1. The summed E-state index contributed by atoms with van der Waals surface area (Å²) in [5.41, 5.74) is 0. The minimum absolute atomic E-state index is 0.111. The van der Waals surface area contributed by atoms with E-state index < -0.39 is 0 Å². The topological polar surface area (TPSA) is 27.7 Å². The van der Waals surface area contributed by atoms with Gasteiger partial charge in [0.2, 0.25) is 0 Å². The summed E-state index contributed by atoms with van der Waals surface area (Å²) in [6.45, 7) is 3.06. The van der Waals surface area contributed by atoms with E-state index in [-0.39, 0.29) is 17.0 Å². The molecule has 0 aliphatic heterocycles. The van der Waals surface area contributed by atoms with Gasteiger partial charge in [0.15, 0.2) is 5.75 Å². The molecule has 0 saturated carbocycles. The van der Waals surface area contributed by atoms with Gasteiger partial charge < -0.3 is 14.2 Å². The highest BCUT2D eigenvalue weighted by molar-refractivity contribution is 6.55. The predicted molar refractivity (Wildman–Crippen MR) is 113 cm³/mol. The van der Waals surface area contributed by atoms with Crippen LogP contribution in [0.25, 0.3) is 0 Å². The van der Waals surface area contributed by atoms with Gasteiger partial charge in [0, 0.05) is 23.1 Å². The Morgan fingerprint density at radius 3 is 2.07 bits per heavy atom. The minimum atomic E-state index is 0.111. The molecule has 27 heavy (non-hydrogen) atoms. The third-order valence-corrected chi connectivity index (χ3v) is 4.44. The summed E-state index contributed by atoms with van der Waals surface area (Å²) >= 11 is 29.4. The molecule has 2 aromatic rings. The van der Waals surface area contributed by atoms with E-state index in [1.54, 1.807) is 24.3 Å². The van der Waals surface area contributed by atoms with Crippen molar-refractivity contribution >= 4 is 58.0 Å². The summed E-state index contributed by atoms with van der Waals surface area (Å²) < 4.78 is 17.0. The molecule has 0 bridgehead atoms. The Morgan fingerprint density at radius 2 is 1.48 bits per heavy atom. The van der Waals surface area contributed by atoms with Crippen LogP contribution in [0.4, 0.5) is 0 Å². The van der Waals surface area contributed by atoms with Gasteiger partial charge in [-0.25, -0.2) is 0 Å². The van der Waals surface area contributed by atoms with Crippen molar-refractivity contribution in [3.8, 4) is 17.2 Å². The van der Waals surface area contributed by atoms with Crippen LogP contribution in [-0.2, 0) is 0 Å². The van der Waals surface area contributed by atoms with Crippen molar-refractivity contribution in [1.29, 1.82) is 0 Å². The fraction of sp³-hybridized carbons (Fsp3) is 0.263. The zero-order chi connectivity index (χ0) is 19.8. The minimum Gasteiger partial charge on any atom is -0.493 e. The number of halogens is 5. The number of hydrogen-bond donors (Lipinski definition) is 0. The monoisotopic (exact) mass is 468 g/mol. The van der Waals surface area contributed by atoms with Gasteiger partial charge in [0.1, 0.15) is 22.6 Å². The molecule has 2 rings (SSSR count). The molecule has 0 aromatic heterocycles. The quantitative estimate of drug-likeness (QED) is 0.381. The molecule has 3 nitrogen and oxygen atoms in total. The van der Waals surface area contributed by atoms with Crippen molar-refractivity contribution in [3.05, 3.63) is 62.0 Å². The van der Waals surface area contributed by atoms with Gasteiger partial charge in [-0.3, -0.25) is 0 Å². The Morgan fingerprint density at radius 1 is 0.889 bits per heavy atom. The van der Waals surface area contributed by atoms with Crippen molar-refractivity contribution in [2.24, 2.45) is 5.92 Å². The summed E-state index contributed by atoms with van der Waals surface area (Å²) in [6, 6.07) is 10.4. The molecule has 8 heteroatoms. The summed E-state index contributed by atoms with van der Waals surface area (Å²) in [5.74, 6) is 1.74. The highest BCUT2D eigenvalue weighted by Crippen LogP contribution is 2.37. The first kappa shape index (κ1) is 22.3. The van der Waals surface area contributed by atoms with Crippen molar-refractivity contribution in [2.45, 2.75) is 6.92 Å². The molecule has 0 aliphatic carbocycles. The largest absolute Gasteiger partial charge is 0.493 e. The summed E-state index contributed by atoms with van der Waals surface area (Å²) in [4.78, 5) is 0. The van der Waals surface area contributed by atoms with Gasteiger partial charge in [0.05, 0.1) is 23.3 Å². The van der Waals surface area contributed by atoms with E-state index in [0.29, 0.717) is 39.8 Å². The van der Waals surface area contributed by atoms with E-state index in [0.717, 1.165) is 5.75 Å². The van der Waals surface area contributed by atoms with Crippen LogP contribution in [0.5, 0.6) is 17.2 Å². The van der Waals surface area contributed by atoms with Crippen molar-refractivity contribution in [1.82, 2.24) is 0 Å². The molecule has 0 aliphatic rings. The lowest BCUT2D eigenvalue weighted by atomic mass is 10.2. The molecule has 0 radical (unpaired) electrons. The fourth-order valence-corrected chi connectivity index (χ4v) is 2.83. The van der Waals surface area contributed by atoms with Crippen LogP contribution < -0.4 is 14.2 Å². The first-order valence-corrected chi connectivity index (χ1v) is 9.88. The highest BCUT2D eigenvalue weighted by atomic mass is 35.5. The van der Waals surface area contributed by atoms with Crippen LogP contribution in [0, 0.1) is 5.92 Å². The number of benzene rings is 2. The van der Waals surface area contributed by atoms with Crippen molar-refractivity contribution in [2.75, 3.05) is 19.8 Å². The lowest BCUT2D eigenvalue weighted by molar-refractivity contribution is 0.188. The van der Waals surface area contributed by atoms with Crippen LogP contribution in [0.3, 0.4) is 0 Å². The van der Waals surface area contributed by atoms with Crippen molar-refractivity contribution < 1.29 is 14.2 Å². The zero-order valence-electron chi connectivity index (χ0n) is 14.4. The lowest BCUT2D eigenvalue weighted by Crippen LogP contribution is -2.17. The summed E-state index contributed by atoms with van der Waals surface area (Å²) in [5, 5.41) is 1.37. The van der Waals surface area contributed by atoms with E-state index in [4.69, 9.17) is 72.2 Å². The number of hydrogen-bond acceptors (Lipinski definition) is 3. The Balaban J connectivity index is 1.86. The Hall–Kier alpha value is -0.970. The molecule has 0 heterocycles. The Labute approximate surface area is 183 Å². The van der Waals surface area contributed by atoms with Gasteiger partial charge in [0.25, 0.3) is 0 Å². The van der Waals surface area contributed by atoms with Gasteiger partial charge in [-0.15, -0.1) is 0 Å². The molecule has 0 fully saturated rings. The molecular weight excluding hydrogens is 453 g/mol. The predicted octanol–water partition coefficient (Wildman–Crippen LogP) is 7.44. The van der Waals surface area contributed by atoms with Crippen molar-refractivity contribution in [3.63, 3.8) is 0 Å². The second-order valence-corrected chi connectivity index (χ2v) is 7.96. The first-order chi connectivity index (χ1) is 12.8. The lowest BCUT2D eigenvalue weighted by Gasteiger charge is -2.16. The molecular formula is C19H17Cl5O3. The SMILES string of the molecule is CC(COc1ccc(Cl)cc1)COc1c(Cl)cc(OCC=C(Cl)Cl)cc1Cl. The van der Waals surface area contributed by atoms with Crippen LogP contribution in [0.15, 0.2) is 47.0 Å². The molecule has 0 N–H and O–H groups in total. The van der Waals surface area contributed by atoms with E-state index in [1.807, 2.05) is 19.1 Å². The van der Waals surface area contributed by atoms with E-state index in [2.05, 4.69) is 0 Å². The average Bonchev–Trinajstić information content (AvgIpc) is 2.60. The summed E-state index contributed by atoms with van der Waals surface area (Å²) in [6.07, 6.45) is 1.51. The molecule has 2 aromatic carbocycles. The van der Waals surface area contributed by atoms with Crippen LogP contribution in [0.2, 0.25) is 15.1 Å². The Bertz CT molecular complexity index is 750. The number of rotatable bonds is 9. The first-order valence-electron chi connectivity index (χ1n) is 7.99. The third-order valence-electron chi connectivity index (χ3n) is 3.32. The van der Waals surface area contributed by atoms with Crippen LogP contribution in [-0.4, -0.2) is 19.8 Å².